The van der Waals surface area contributed by atoms with Crippen LogP contribution in [0.5, 0.6) is 0 Å². The molecule has 0 radical (unpaired) electrons. The minimum atomic E-state index is -1.22. The molecule has 1 fully saturated rings. The van der Waals surface area contributed by atoms with Crippen molar-refractivity contribution in [3.05, 3.63) is 29.8 Å². The van der Waals surface area contributed by atoms with Gasteiger partial charge in [0.1, 0.15) is 0 Å². The van der Waals surface area contributed by atoms with Gasteiger partial charge in [-0.1, -0.05) is 19.1 Å². The van der Waals surface area contributed by atoms with Crippen molar-refractivity contribution in [2.45, 2.75) is 31.2 Å². The Morgan fingerprint density at radius 3 is 2.62 bits per heavy atom. The number of carbonyl (C=O) groups is 2. The highest BCUT2D eigenvalue weighted by Gasteiger charge is 2.38. The maximum Gasteiger partial charge on any atom is 0.308 e. The molecule has 3 unspecified atom stereocenters. The summed E-state index contributed by atoms with van der Waals surface area (Å²) in [7, 11) is -1.22. The first-order chi connectivity index (χ1) is 9.97. The van der Waals surface area contributed by atoms with Crippen molar-refractivity contribution in [3.63, 3.8) is 0 Å². The molecule has 21 heavy (non-hydrogen) atoms. The zero-order valence-electron chi connectivity index (χ0n) is 12.1. The predicted octanol–water partition coefficient (Wildman–Crippen LogP) is 1.75. The van der Waals surface area contributed by atoms with E-state index in [4.69, 9.17) is 5.11 Å². The predicted molar refractivity (Wildman–Crippen MR) is 79.6 cm³/mol. The standard InChI is InChI=1S/C15H19NO4S/c1-3-21(20)13-7-5-4-6-12(13)14(17)16-9-8-11(10(16)2)15(18)19/h4-7,10-11H,3,8-9H2,1-2H3,(H,18,19). The van der Waals surface area contributed by atoms with Crippen molar-refractivity contribution < 1.29 is 18.9 Å². The number of amides is 1. The van der Waals surface area contributed by atoms with Gasteiger partial charge in [0.25, 0.3) is 5.91 Å². The fourth-order valence-electron chi connectivity index (χ4n) is 2.71. The normalized spacial score (nSPS) is 23.0. The molecule has 6 heteroatoms. The summed E-state index contributed by atoms with van der Waals surface area (Å²) in [5.74, 6) is -1.19. The lowest BCUT2D eigenvalue weighted by Gasteiger charge is -2.24. The molecule has 1 aromatic carbocycles. The molecule has 114 valence electrons. The van der Waals surface area contributed by atoms with Crippen LogP contribution in [-0.4, -0.2) is 44.4 Å². The topological polar surface area (TPSA) is 74.7 Å². The molecule has 3 atom stereocenters. The van der Waals surface area contributed by atoms with E-state index in [9.17, 15) is 13.8 Å². The zero-order valence-corrected chi connectivity index (χ0v) is 12.9. The molecule has 0 aliphatic carbocycles. The van der Waals surface area contributed by atoms with E-state index in [1.54, 1.807) is 43.0 Å². The highest BCUT2D eigenvalue weighted by Crippen LogP contribution is 2.27. The van der Waals surface area contributed by atoms with E-state index in [1.165, 1.54) is 0 Å². The Morgan fingerprint density at radius 1 is 1.38 bits per heavy atom. The minimum Gasteiger partial charge on any atom is -0.481 e. The van der Waals surface area contributed by atoms with Gasteiger partial charge in [0, 0.05) is 18.3 Å². The summed E-state index contributed by atoms with van der Waals surface area (Å²) < 4.78 is 12.1. The molecule has 1 heterocycles. The number of carbonyl (C=O) groups excluding carboxylic acids is 1. The molecule has 1 amide bonds. The molecular formula is C15H19NO4S. The summed E-state index contributed by atoms with van der Waals surface area (Å²) in [4.78, 5) is 25.9. The number of hydrogen-bond donors (Lipinski definition) is 1. The Balaban J connectivity index is 2.30. The summed E-state index contributed by atoms with van der Waals surface area (Å²) in [5.41, 5.74) is 0.413. The van der Waals surface area contributed by atoms with Gasteiger partial charge in [0.05, 0.1) is 27.2 Å². The van der Waals surface area contributed by atoms with E-state index in [0.29, 0.717) is 29.2 Å². The van der Waals surface area contributed by atoms with Gasteiger partial charge in [-0.2, -0.15) is 0 Å². The lowest BCUT2D eigenvalue weighted by Crippen LogP contribution is -2.38. The molecule has 1 aliphatic heterocycles. The second-order valence-electron chi connectivity index (χ2n) is 5.10. The van der Waals surface area contributed by atoms with Gasteiger partial charge >= 0.3 is 5.97 Å². The van der Waals surface area contributed by atoms with Gasteiger partial charge in [-0.3, -0.25) is 13.8 Å². The third-order valence-corrected chi connectivity index (χ3v) is 5.33. The van der Waals surface area contributed by atoms with Crippen LogP contribution in [0.15, 0.2) is 29.2 Å². The van der Waals surface area contributed by atoms with E-state index < -0.39 is 22.7 Å². The van der Waals surface area contributed by atoms with Crippen LogP contribution in [0.4, 0.5) is 0 Å². The van der Waals surface area contributed by atoms with Crippen molar-refractivity contribution in [3.8, 4) is 0 Å². The third kappa shape index (κ3) is 3.00. The second-order valence-corrected chi connectivity index (χ2v) is 6.81. The maximum atomic E-state index is 12.7. The average molecular weight is 309 g/mol. The largest absolute Gasteiger partial charge is 0.481 e. The van der Waals surface area contributed by atoms with Crippen molar-refractivity contribution >= 4 is 22.7 Å². The van der Waals surface area contributed by atoms with Crippen LogP contribution in [0, 0.1) is 5.92 Å². The van der Waals surface area contributed by atoms with Gasteiger partial charge in [-0.15, -0.1) is 0 Å². The highest BCUT2D eigenvalue weighted by atomic mass is 32.2. The van der Waals surface area contributed by atoms with Crippen LogP contribution in [0.1, 0.15) is 30.6 Å². The summed E-state index contributed by atoms with van der Waals surface area (Å²) in [6.45, 7) is 3.98. The van der Waals surface area contributed by atoms with Crippen LogP contribution in [0.25, 0.3) is 0 Å². The Morgan fingerprint density at radius 2 is 2.05 bits per heavy atom. The van der Waals surface area contributed by atoms with Gasteiger partial charge < -0.3 is 10.0 Å². The summed E-state index contributed by atoms with van der Waals surface area (Å²) >= 11 is 0. The first-order valence-electron chi connectivity index (χ1n) is 6.98. The summed E-state index contributed by atoms with van der Waals surface area (Å²) in [6.07, 6.45) is 0.460. The monoisotopic (exact) mass is 309 g/mol. The van der Waals surface area contributed by atoms with Crippen molar-refractivity contribution in [2.24, 2.45) is 5.92 Å². The van der Waals surface area contributed by atoms with Gasteiger partial charge in [-0.25, -0.2) is 0 Å². The van der Waals surface area contributed by atoms with E-state index in [2.05, 4.69) is 0 Å². The molecule has 0 spiro atoms. The summed E-state index contributed by atoms with van der Waals surface area (Å²) in [5, 5.41) is 9.15. The molecule has 1 aromatic rings. The molecule has 0 bridgehead atoms. The van der Waals surface area contributed by atoms with E-state index in [0.717, 1.165) is 0 Å². The maximum absolute atomic E-state index is 12.7. The number of carboxylic acid groups (broad SMARTS) is 1. The Labute approximate surface area is 126 Å². The van der Waals surface area contributed by atoms with Crippen LogP contribution in [-0.2, 0) is 15.6 Å². The van der Waals surface area contributed by atoms with Gasteiger partial charge in [0.15, 0.2) is 0 Å². The first kappa shape index (κ1) is 15.7. The Bertz CT molecular complexity index is 587. The second kappa shape index (κ2) is 6.39. The number of likely N-dealkylation sites (tertiary alicyclic amines) is 1. The number of nitrogens with zero attached hydrogens (tertiary/aromatic N) is 1. The van der Waals surface area contributed by atoms with Crippen molar-refractivity contribution in [2.75, 3.05) is 12.3 Å². The van der Waals surface area contributed by atoms with Gasteiger partial charge in [0.2, 0.25) is 0 Å². The lowest BCUT2D eigenvalue weighted by atomic mass is 10.0. The molecule has 0 aromatic heterocycles. The fourth-order valence-corrected chi connectivity index (χ4v) is 3.65. The summed E-state index contributed by atoms with van der Waals surface area (Å²) in [6, 6.07) is 6.50. The average Bonchev–Trinajstić information content (AvgIpc) is 2.87. The molecule has 5 nitrogen and oxygen atoms in total. The lowest BCUT2D eigenvalue weighted by molar-refractivity contribution is -0.142. The van der Waals surface area contributed by atoms with Crippen LogP contribution >= 0.6 is 0 Å². The van der Waals surface area contributed by atoms with Crippen LogP contribution < -0.4 is 0 Å². The number of rotatable bonds is 4. The van der Waals surface area contributed by atoms with Crippen molar-refractivity contribution in [1.29, 1.82) is 0 Å². The smallest absolute Gasteiger partial charge is 0.308 e. The Kier molecular flexibility index (Phi) is 4.77. The SMILES string of the molecule is CCS(=O)c1ccccc1C(=O)N1CCC(C(=O)O)C1C. The molecular weight excluding hydrogens is 290 g/mol. The number of benzene rings is 1. The quantitative estimate of drug-likeness (QED) is 0.919. The Hall–Kier alpha value is -1.69. The fraction of sp³-hybridized carbons (Fsp3) is 0.467. The first-order valence-corrected chi connectivity index (χ1v) is 8.30. The number of aliphatic carboxylic acids is 1. The van der Waals surface area contributed by atoms with E-state index in [-0.39, 0.29) is 11.9 Å². The van der Waals surface area contributed by atoms with Crippen LogP contribution in [0.2, 0.25) is 0 Å². The van der Waals surface area contributed by atoms with Crippen LogP contribution in [0.3, 0.4) is 0 Å². The highest BCUT2D eigenvalue weighted by molar-refractivity contribution is 7.85. The molecule has 1 aliphatic rings. The van der Waals surface area contributed by atoms with E-state index in [1.807, 2.05) is 0 Å². The minimum absolute atomic E-state index is 0.233. The molecule has 2 rings (SSSR count). The number of carboxylic acids is 1. The van der Waals surface area contributed by atoms with Gasteiger partial charge in [-0.05, 0) is 25.5 Å². The third-order valence-electron chi connectivity index (χ3n) is 3.96. The molecule has 0 saturated carbocycles. The van der Waals surface area contributed by atoms with Crippen molar-refractivity contribution in [1.82, 2.24) is 4.90 Å². The zero-order chi connectivity index (χ0) is 15.6. The number of hydrogen-bond acceptors (Lipinski definition) is 3. The molecule has 1 N–H and O–H groups in total. The molecule has 1 saturated heterocycles. The van der Waals surface area contributed by atoms with E-state index >= 15 is 0 Å².